The second kappa shape index (κ2) is 7.74. The summed E-state index contributed by atoms with van der Waals surface area (Å²) < 4.78 is 21.8. The molecule has 26 heavy (non-hydrogen) atoms. The standard InChI is InChI=1S/C18H23N3O5/c1-18(2,3)25-17(22)21-9-10-23-11-14(21)16-19-15(26-20-16)12-24-13-7-5-4-6-8-13/h4-8,14H,9-12H2,1-3H3/t14-/m1/s1. The van der Waals surface area contributed by atoms with E-state index in [4.69, 9.17) is 18.7 Å². The Hall–Kier alpha value is -2.61. The Labute approximate surface area is 152 Å². The van der Waals surface area contributed by atoms with Gasteiger partial charge in [0, 0.05) is 6.54 Å². The van der Waals surface area contributed by atoms with E-state index < -0.39 is 17.7 Å². The molecule has 1 aliphatic rings. The number of para-hydroxylation sites is 1. The van der Waals surface area contributed by atoms with Crippen LogP contribution in [0.2, 0.25) is 0 Å². The molecule has 2 heterocycles. The molecule has 1 saturated heterocycles. The Balaban J connectivity index is 1.66. The maximum Gasteiger partial charge on any atom is 0.411 e. The fourth-order valence-corrected chi connectivity index (χ4v) is 2.48. The van der Waals surface area contributed by atoms with Crippen LogP contribution in [0.25, 0.3) is 0 Å². The van der Waals surface area contributed by atoms with Crippen molar-refractivity contribution in [2.75, 3.05) is 19.8 Å². The van der Waals surface area contributed by atoms with Crippen LogP contribution < -0.4 is 4.74 Å². The van der Waals surface area contributed by atoms with Crippen molar-refractivity contribution in [1.82, 2.24) is 15.0 Å². The molecule has 0 N–H and O–H groups in total. The zero-order chi connectivity index (χ0) is 18.6. The zero-order valence-electron chi connectivity index (χ0n) is 15.2. The Morgan fingerprint density at radius 2 is 2.08 bits per heavy atom. The molecule has 0 unspecified atom stereocenters. The van der Waals surface area contributed by atoms with Gasteiger partial charge in [-0.05, 0) is 32.9 Å². The lowest BCUT2D eigenvalue weighted by Gasteiger charge is -2.34. The summed E-state index contributed by atoms with van der Waals surface area (Å²) in [5.74, 6) is 1.42. The molecule has 0 saturated carbocycles. The third kappa shape index (κ3) is 4.72. The van der Waals surface area contributed by atoms with Gasteiger partial charge >= 0.3 is 6.09 Å². The first kappa shape index (κ1) is 18.2. The number of aromatic nitrogens is 2. The van der Waals surface area contributed by atoms with Crippen molar-refractivity contribution in [3.8, 4) is 5.75 Å². The van der Waals surface area contributed by atoms with Crippen LogP contribution in [0, 0.1) is 0 Å². The van der Waals surface area contributed by atoms with Crippen LogP contribution in [-0.4, -0.2) is 46.5 Å². The number of morpholine rings is 1. The van der Waals surface area contributed by atoms with Crippen molar-refractivity contribution in [2.45, 2.75) is 39.0 Å². The number of ether oxygens (including phenoxy) is 3. The van der Waals surface area contributed by atoms with E-state index in [-0.39, 0.29) is 13.2 Å². The number of nitrogens with zero attached hydrogens (tertiary/aromatic N) is 3. The molecule has 1 fully saturated rings. The fraction of sp³-hybridized carbons (Fsp3) is 0.500. The summed E-state index contributed by atoms with van der Waals surface area (Å²) in [6, 6.07) is 8.91. The van der Waals surface area contributed by atoms with Crippen LogP contribution in [0.15, 0.2) is 34.9 Å². The molecule has 2 aromatic rings. The molecule has 140 valence electrons. The van der Waals surface area contributed by atoms with Gasteiger partial charge in [0.2, 0.25) is 0 Å². The van der Waals surface area contributed by atoms with E-state index >= 15 is 0 Å². The van der Waals surface area contributed by atoms with Gasteiger partial charge in [0.15, 0.2) is 12.4 Å². The van der Waals surface area contributed by atoms with Gasteiger partial charge in [0.1, 0.15) is 17.4 Å². The number of hydrogen-bond acceptors (Lipinski definition) is 7. The second-order valence-corrected chi connectivity index (χ2v) is 6.91. The average Bonchev–Trinajstić information content (AvgIpc) is 3.08. The van der Waals surface area contributed by atoms with Crippen LogP contribution in [0.1, 0.15) is 38.5 Å². The van der Waals surface area contributed by atoms with Gasteiger partial charge in [-0.2, -0.15) is 4.98 Å². The van der Waals surface area contributed by atoms with Gasteiger partial charge in [0.25, 0.3) is 5.89 Å². The number of carbonyl (C=O) groups excluding carboxylic acids is 1. The molecule has 1 atom stereocenters. The monoisotopic (exact) mass is 361 g/mol. The van der Waals surface area contributed by atoms with E-state index in [2.05, 4.69) is 10.1 Å². The van der Waals surface area contributed by atoms with Crippen molar-refractivity contribution in [3.05, 3.63) is 42.0 Å². The van der Waals surface area contributed by atoms with E-state index in [1.54, 1.807) is 4.90 Å². The van der Waals surface area contributed by atoms with Crippen LogP contribution in [0.4, 0.5) is 4.79 Å². The van der Waals surface area contributed by atoms with Crippen LogP contribution in [0.3, 0.4) is 0 Å². The smallest absolute Gasteiger partial charge is 0.411 e. The summed E-state index contributed by atoms with van der Waals surface area (Å²) in [6.07, 6.45) is -0.419. The number of carbonyl (C=O) groups is 1. The topological polar surface area (TPSA) is 86.9 Å². The lowest BCUT2D eigenvalue weighted by atomic mass is 10.2. The van der Waals surface area contributed by atoms with Gasteiger partial charge in [-0.15, -0.1) is 0 Å². The highest BCUT2D eigenvalue weighted by molar-refractivity contribution is 5.68. The molecular weight excluding hydrogens is 338 g/mol. The summed E-state index contributed by atoms with van der Waals surface area (Å²) in [5.41, 5.74) is -0.578. The van der Waals surface area contributed by atoms with Crippen LogP contribution >= 0.6 is 0 Å². The van der Waals surface area contributed by atoms with Crippen molar-refractivity contribution >= 4 is 6.09 Å². The number of amides is 1. The summed E-state index contributed by atoms with van der Waals surface area (Å²) in [7, 11) is 0. The minimum absolute atomic E-state index is 0.150. The Morgan fingerprint density at radius 3 is 2.81 bits per heavy atom. The molecule has 0 bridgehead atoms. The first-order valence-corrected chi connectivity index (χ1v) is 8.50. The SMILES string of the molecule is CC(C)(C)OC(=O)N1CCOC[C@@H]1c1noc(COc2ccccc2)n1. The van der Waals surface area contributed by atoms with Crippen LogP contribution in [0.5, 0.6) is 5.75 Å². The van der Waals surface area contributed by atoms with Gasteiger partial charge in [-0.3, -0.25) is 4.90 Å². The molecule has 8 heteroatoms. The Morgan fingerprint density at radius 1 is 1.31 bits per heavy atom. The third-order valence-corrected chi connectivity index (χ3v) is 3.64. The minimum atomic E-state index is -0.578. The quantitative estimate of drug-likeness (QED) is 0.827. The highest BCUT2D eigenvalue weighted by Crippen LogP contribution is 2.24. The van der Waals surface area contributed by atoms with Crippen molar-refractivity contribution in [3.63, 3.8) is 0 Å². The normalized spacial score (nSPS) is 17.8. The second-order valence-electron chi connectivity index (χ2n) is 6.91. The number of benzene rings is 1. The summed E-state index contributed by atoms with van der Waals surface area (Å²) in [6.45, 7) is 6.77. The molecule has 1 aromatic heterocycles. The predicted octanol–water partition coefficient (Wildman–Crippen LogP) is 2.96. The lowest BCUT2D eigenvalue weighted by molar-refractivity contribution is -0.0354. The molecule has 0 radical (unpaired) electrons. The van der Waals surface area contributed by atoms with Gasteiger partial charge < -0.3 is 18.7 Å². The van der Waals surface area contributed by atoms with E-state index in [1.807, 2.05) is 51.1 Å². The van der Waals surface area contributed by atoms with Gasteiger partial charge in [0.05, 0.1) is 13.2 Å². The summed E-state index contributed by atoms with van der Waals surface area (Å²) in [5, 5.41) is 3.99. The highest BCUT2D eigenvalue weighted by atomic mass is 16.6. The van der Waals surface area contributed by atoms with Crippen LogP contribution in [-0.2, 0) is 16.1 Å². The summed E-state index contributed by atoms with van der Waals surface area (Å²) in [4.78, 5) is 18.4. The molecule has 1 amide bonds. The highest BCUT2D eigenvalue weighted by Gasteiger charge is 2.35. The molecule has 1 aromatic carbocycles. The maximum absolute atomic E-state index is 12.5. The first-order chi connectivity index (χ1) is 12.4. The Kier molecular flexibility index (Phi) is 5.41. The van der Waals surface area contributed by atoms with E-state index in [9.17, 15) is 4.79 Å². The van der Waals surface area contributed by atoms with Crippen molar-refractivity contribution in [1.29, 1.82) is 0 Å². The van der Waals surface area contributed by atoms with Gasteiger partial charge in [-0.1, -0.05) is 23.4 Å². The Bertz CT molecular complexity index is 726. The predicted molar refractivity (Wildman–Crippen MR) is 91.6 cm³/mol. The molecular formula is C18H23N3O5. The van der Waals surface area contributed by atoms with E-state index in [0.29, 0.717) is 30.6 Å². The fourth-order valence-electron chi connectivity index (χ4n) is 2.48. The molecule has 1 aliphatic heterocycles. The van der Waals surface area contributed by atoms with E-state index in [1.165, 1.54) is 0 Å². The third-order valence-electron chi connectivity index (χ3n) is 3.64. The largest absolute Gasteiger partial charge is 0.484 e. The first-order valence-electron chi connectivity index (χ1n) is 8.50. The summed E-state index contributed by atoms with van der Waals surface area (Å²) >= 11 is 0. The average molecular weight is 361 g/mol. The van der Waals surface area contributed by atoms with Gasteiger partial charge in [-0.25, -0.2) is 4.79 Å². The van der Waals surface area contributed by atoms with Crippen molar-refractivity contribution < 1.29 is 23.5 Å². The molecule has 0 spiro atoms. The van der Waals surface area contributed by atoms with E-state index in [0.717, 1.165) is 0 Å². The molecule has 0 aliphatic carbocycles. The molecule has 8 nitrogen and oxygen atoms in total. The zero-order valence-corrected chi connectivity index (χ0v) is 15.2. The minimum Gasteiger partial charge on any atom is -0.484 e. The number of hydrogen-bond donors (Lipinski definition) is 0. The molecule has 3 rings (SSSR count). The lowest BCUT2D eigenvalue weighted by Crippen LogP contribution is -2.46. The van der Waals surface area contributed by atoms with Crippen molar-refractivity contribution in [2.24, 2.45) is 0 Å². The maximum atomic E-state index is 12.5. The number of rotatable bonds is 4.